The first-order valence-electron chi connectivity index (χ1n) is 3.83. The van der Waals surface area contributed by atoms with E-state index in [4.69, 9.17) is 10.8 Å². The zero-order valence-corrected chi connectivity index (χ0v) is 7.84. The van der Waals surface area contributed by atoms with Gasteiger partial charge in [-0.3, -0.25) is 0 Å². The first kappa shape index (κ1) is 8.83. The zero-order valence-electron chi connectivity index (χ0n) is 7.02. The normalized spacial score (nSPS) is 10.6. The second-order valence-electron chi connectivity index (χ2n) is 2.83. The first-order valence-corrected chi connectivity index (χ1v) is 4.71. The summed E-state index contributed by atoms with van der Waals surface area (Å²) in [5.41, 5.74) is 5.94. The average Bonchev–Trinajstić information content (AvgIpc) is 2.55. The van der Waals surface area contributed by atoms with Crippen molar-refractivity contribution in [3.8, 4) is 5.75 Å². The third-order valence-corrected chi connectivity index (χ3v) is 2.98. The fourth-order valence-electron chi connectivity index (χ4n) is 1.26. The molecule has 1 aromatic carbocycles. The lowest BCUT2D eigenvalue weighted by atomic mass is 10.1. The van der Waals surface area contributed by atoms with Gasteiger partial charge in [-0.1, -0.05) is 6.07 Å². The maximum atomic E-state index is 10.8. The third-order valence-electron chi connectivity index (χ3n) is 1.98. The van der Waals surface area contributed by atoms with Crippen LogP contribution in [-0.2, 0) is 0 Å². The monoisotopic (exact) mass is 209 g/mol. The van der Waals surface area contributed by atoms with Crippen molar-refractivity contribution >= 4 is 33.1 Å². The Kier molecular flexibility index (Phi) is 1.82. The second kappa shape index (κ2) is 2.88. The number of carboxylic acids is 1. The van der Waals surface area contributed by atoms with Crippen LogP contribution in [0.3, 0.4) is 0 Å². The summed E-state index contributed by atoms with van der Waals surface area (Å²) in [5, 5.41) is 20.4. The molecule has 1 heterocycles. The minimum Gasteiger partial charge on any atom is -0.504 e. The Balaban J connectivity index is 2.83. The molecule has 0 aliphatic rings. The van der Waals surface area contributed by atoms with E-state index in [0.29, 0.717) is 10.1 Å². The van der Waals surface area contributed by atoms with Crippen LogP contribution in [0.25, 0.3) is 10.1 Å². The highest BCUT2D eigenvalue weighted by atomic mass is 32.1. The Bertz CT molecular complexity index is 518. The highest BCUT2D eigenvalue weighted by molar-refractivity contribution is 7.18. The lowest BCUT2D eigenvalue weighted by molar-refractivity contribution is 0.0699. The Morgan fingerprint density at radius 1 is 1.43 bits per heavy atom. The molecule has 72 valence electrons. The highest BCUT2D eigenvalue weighted by Crippen LogP contribution is 2.36. The van der Waals surface area contributed by atoms with Gasteiger partial charge in [0, 0.05) is 10.8 Å². The molecule has 0 bridgehead atoms. The van der Waals surface area contributed by atoms with Crippen LogP contribution >= 0.6 is 11.3 Å². The Hall–Kier alpha value is -1.75. The van der Waals surface area contributed by atoms with Crippen LogP contribution in [0.15, 0.2) is 17.5 Å². The van der Waals surface area contributed by atoms with E-state index in [9.17, 15) is 9.90 Å². The smallest absolute Gasteiger partial charge is 0.337 e. The number of anilines is 1. The largest absolute Gasteiger partial charge is 0.504 e. The van der Waals surface area contributed by atoms with Crippen LogP contribution in [0.5, 0.6) is 5.75 Å². The fraction of sp³-hybridized carbons (Fsp3) is 0. The van der Waals surface area contributed by atoms with Crippen LogP contribution in [0.4, 0.5) is 5.69 Å². The lowest BCUT2D eigenvalue weighted by Gasteiger charge is -1.99. The fourth-order valence-corrected chi connectivity index (χ4v) is 2.26. The molecule has 0 amide bonds. The SMILES string of the molecule is Nc1ccc2c(C(=O)O)csc2c1O. The van der Waals surface area contributed by atoms with E-state index in [1.807, 2.05) is 0 Å². The molecule has 0 unspecified atom stereocenters. The van der Waals surface area contributed by atoms with Crippen LogP contribution < -0.4 is 5.73 Å². The number of carbonyl (C=O) groups is 1. The standard InChI is InChI=1S/C9H7NO3S/c10-6-2-1-4-5(9(12)13)3-14-8(4)7(6)11/h1-3,11H,10H2,(H,12,13). The Morgan fingerprint density at radius 2 is 2.14 bits per heavy atom. The molecule has 4 N–H and O–H groups in total. The summed E-state index contributed by atoms with van der Waals surface area (Å²) >= 11 is 1.17. The summed E-state index contributed by atoms with van der Waals surface area (Å²) < 4.78 is 0.516. The molecule has 2 rings (SSSR count). The molecule has 0 atom stereocenters. The zero-order chi connectivity index (χ0) is 10.3. The average molecular weight is 209 g/mol. The number of rotatable bonds is 1. The lowest BCUT2D eigenvalue weighted by Crippen LogP contribution is -1.93. The molecule has 4 nitrogen and oxygen atoms in total. The number of aromatic hydroxyl groups is 1. The number of aromatic carboxylic acids is 1. The van der Waals surface area contributed by atoms with Crippen molar-refractivity contribution < 1.29 is 15.0 Å². The number of hydrogen-bond acceptors (Lipinski definition) is 4. The molecule has 0 spiro atoms. The van der Waals surface area contributed by atoms with Gasteiger partial charge in [0.1, 0.15) is 0 Å². The van der Waals surface area contributed by atoms with Crippen molar-refractivity contribution in [1.82, 2.24) is 0 Å². The van der Waals surface area contributed by atoms with Gasteiger partial charge in [-0.2, -0.15) is 0 Å². The van der Waals surface area contributed by atoms with E-state index < -0.39 is 5.97 Å². The van der Waals surface area contributed by atoms with Gasteiger partial charge in [0.2, 0.25) is 0 Å². The molecule has 0 fully saturated rings. The molecule has 0 aliphatic carbocycles. The van der Waals surface area contributed by atoms with Gasteiger partial charge in [-0.25, -0.2) is 4.79 Å². The number of phenols is 1. The molecule has 0 saturated carbocycles. The Morgan fingerprint density at radius 3 is 2.79 bits per heavy atom. The van der Waals surface area contributed by atoms with Crippen LogP contribution in [0, 0.1) is 0 Å². The number of fused-ring (bicyclic) bond motifs is 1. The van der Waals surface area contributed by atoms with Crippen LogP contribution in [0.1, 0.15) is 10.4 Å². The number of phenolic OH excluding ortho intramolecular Hbond substituents is 1. The topological polar surface area (TPSA) is 83.6 Å². The molecule has 5 heteroatoms. The summed E-state index contributed by atoms with van der Waals surface area (Å²) in [6, 6.07) is 3.10. The molecule has 0 radical (unpaired) electrons. The van der Waals surface area contributed by atoms with Crippen molar-refractivity contribution in [2.75, 3.05) is 5.73 Å². The van der Waals surface area contributed by atoms with E-state index in [2.05, 4.69) is 0 Å². The second-order valence-corrected chi connectivity index (χ2v) is 3.71. The van der Waals surface area contributed by atoms with Gasteiger partial charge >= 0.3 is 5.97 Å². The van der Waals surface area contributed by atoms with Crippen LogP contribution in [-0.4, -0.2) is 16.2 Å². The van der Waals surface area contributed by atoms with Gasteiger partial charge in [0.15, 0.2) is 5.75 Å². The van der Waals surface area contributed by atoms with E-state index in [0.717, 1.165) is 0 Å². The minimum absolute atomic E-state index is 0.0417. The van der Waals surface area contributed by atoms with Crippen molar-refractivity contribution in [1.29, 1.82) is 0 Å². The predicted molar refractivity (Wildman–Crippen MR) is 54.9 cm³/mol. The number of benzene rings is 1. The van der Waals surface area contributed by atoms with Gasteiger partial charge in [-0.05, 0) is 6.07 Å². The number of thiophene rings is 1. The van der Waals surface area contributed by atoms with Crippen molar-refractivity contribution in [2.45, 2.75) is 0 Å². The number of carboxylic acid groups (broad SMARTS) is 1. The predicted octanol–water partition coefficient (Wildman–Crippen LogP) is 1.89. The minimum atomic E-state index is -1.000. The van der Waals surface area contributed by atoms with Gasteiger partial charge in [-0.15, -0.1) is 11.3 Å². The molecular formula is C9H7NO3S. The van der Waals surface area contributed by atoms with Crippen LogP contribution in [0.2, 0.25) is 0 Å². The summed E-state index contributed by atoms with van der Waals surface area (Å²) in [5.74, 6) is -1.04. The van der Waals surface area contributed by atoms with E-state index in [-0.39, 0.29) is 17.0 Å². The summed E-state index contributed by atoms with van der Waals surface area (Å²) in [7, 11) is 0. The number of nitrogens with two attached hydrogens (primary N) is 1. The molecule has 0 aliphatic heterocycles. The molecular weight excluding hydrogens is 202 g/mol. The maximum absolute atomic E-state index is 10.8. The Labute approximate surface area is 83.2 Å². The van der Waals surface area contributed by atoms with Gasteiger partial charge in [0.05, 0.1) is 16.0 Å². The summed E-state index contributed by atoms with van der Waals surface area (Å²) in [6.45, 7) is 0. The molecule has 2 aromatic rings. The van der Waals surface area contributed by atoms with Gasteiger partial charge < -0.3 is 15.9 Å². The van der Waals surface area contributed by atoms with E-state index >= 15 is 0 Å². The first-order chi connectivity index (χ1) is 6.61. The van der Waals surface area contributed by atoms with Gasteiger partial charge in [0.25, 0.3) is 0 Å². The highest BCUT2D eigenvalue weighted by Gasteiger charge is 2.14. The molecule has 1 aromatic heterocycles. The van der Waals surface area contributed by atoms with E-state index in [1.54, 1.807) is 6.07 Å². The molecule has 14 heavy (non-hydrogen) atoms. The summed E-state index contributed by atoms with van der Waals surface area (Å²) in [4.78, 5) is 10.8. The van der Waals surface area contributed by atoms with Crippen molar-refractivity contribution in [2.24, 2.45) is 0 Å². The quantitative estimate of drug-likeness (QED) is 0.494. The van der Waals surface area contributed by atoms with Crippen molar-refractivity contribution in [3.63, 3.8) is 0 Å². The van der Waals surface area contributed by atoms with E-state index in [1.165, 1.54) is 22.8 Å². The number of nitrogen functional groups attached to an aromatic ring is 1. The van der Waals surface area contributed by atoms with Crippen molar-refractivity contribution in [3.05, 3.63) is 23.1 Å². The number of hydrogen-bond donors (Lipinski definition) is 3. The maximum Gasteiger partial charge on any atom is 0.337 e. The molecule has 0 saturated heterocycles. The summed E-state index contributed by atoms with van der Waals surface area (Å²) in [6.07, 6.45) is 0. The third kappa shape index (κ3) is 1.10.